The van der Waals surface area contributed by atoms with Gasteiger partial charge in [0.1, 0.15) is 0 Å². The lowest BCUT2D eigenvalue weighted by molar-refractivity contribution is -0.130. The van der Waals surface area contributed by atoms with Crippen molar-refractivity contribution in [1.29, 1.82) is 0 Å². The van der Waals surface area contributed by atoms with Gasteiger partial charge in [0.25, 0.3) is 0 Å². The lowest BCUT2D eigenvalue weighted by atomic mass is 10.0. The van der Waals surface area contributed by atoms with Crippen LogP contribution in [-0.2, 0) is 9.53 Å². The summed E-state index contributed by atoms with van der Waals surface area (Å²) in [6.45, 7) is 6.61. The summed E-state index contributed by atoms with van der Waals surface area (Å²) in [5.41, 5.74) is 0. The van der Waals surface area contributed by atoms with Crippen LogP contribution in [0, 0.1) is 5.92 Å². The van der Waals surface area contributed by atoms with Gasteiger partial charge in [0.05, 0.1) is 18.8 Å². The Morgan fingerprint density at radius 1 is 1.56 bits per heavy atom. The van der Waals surface area contributed by atoms with Crippen LogP contribution in [0.25, 0.3) is 0 Å². The highest BCUT2D eigenvalue weighted by Crippen LogP contribution is 2.17. The molecule has 92 valence electrons. The minimum absolute atomic E-state index is 0.0291. The molecule has 0 aromatic rings. The van der Waals surface area contributed by atoms with E-state index in [1.807, 2.05) is 4.90 Å². The average Bonchev–Trinajstić information content (AvgIpc) is 2.82. The molecular formula is C12H22N2O2. The number of nitrogens with one attached hydrogen (secondary N) is 1. The second-order valence-corrected chi connectivity index (χ2v) is 5.24. The van der Waals surface area contributed by atoms with Gasteiger partial charge in [-0.2, -0.15) is 0 Å². The van der Waals surface area contributed by atoms with E-state index in [9.17, 15) is 4.79 Å². The standard InChI is InChI=1S/C12H22N2O2/c1-9(2)6-11-12(15)14(8-13-11)7-10-4-3-5-16-10/h9-11,13H,3-8H2,1-2H3. The third kappa shape index (κ3) is 2.74. The minimum Gasteiger partial charge on any atom is -0.376 e. The molecule has 2 aliphatic rings. The molecule has 0 spiro atoms. The average molecular weight is 226 g/mol. The molecule has 2 aliphatic heterocycles. The summed E-state index contributed by atoms with van der Waals surface area (Å²) >= 11 is 0. The molecule has 2 heterocycles. The van der Waals surface area contributed by atoms with Crippen LogP contribution in [-0.4, -0.2) is 42.8 Å². The van der Waals surface area contributed by atoms with Crippen molar-refractivity contribution in [3.63, 3.8) is 0 Å². The number of rotatable bonds is 4. The molecule has 4 nitrogen and oxygen atoms in total. The number of ether oxygens (including phenoxy) is 1. The third-order valence-electron chi connectivity index (χ3n) is 3.29. The van der Waals surface area contributed by atoms with E-state index < -0.39 is 0 Å². The summed E-state index contributed by atoms with van der Waals surface area (Å²) < 4.78 is 5.56. The van der Waals surface area contributed by atoms with E-state index >= 15 is 0 Å². The molecule has 0 bridgehead atoms. The van der Waals surface area contributed by atoms with Gasteiger partial charge in [-0.1, -0.05) is 13.8 Å². The van der Waals surface area contributed by atoms with Crippen LogP contribution < -0.4 is 5.32 Å². The van der Waals surface area contributed by atoms with Gasteiger partial charge in [0, 0.05) is 13.2 Å². The zero-order valence-corrected chi connectivity index (χ0v) is 10.2. The van der Waals surface area contributed by atoms with Crippen LogP contribution in [0.2, 0.25) is 0 Å². The molecule has 0 radical (unpaired) electrons. The molecule has 2 atom stereocenters. The highest BCUT2D eigenvalue weighted by Gasteiger charge is 2.33. The molecule has 0 aromatic carbocycles. The fraction of sp³-hybridized carbons (Fsp3) is 0.917. The Balaban J connectivity index is 1.81. The van der Waals surface area contributed by atoms with Crippen molar-refractivity contribution >= 4 is 5.91 Å². The van der Waals surface area contributed by atoms with E-state index in [0.717, 1.165) is 32.4 Å². The summed E-state index contributed by atoms with van der Waals surface area (Å²) in [6, 6.07) is 0.0291. The van der Waals surface area contributed by atoms with E-state index in [2.05, 4.69) is 19.2 Å². The maximum Gasteiger partial charge on any atom is 0.240 e. The van der Waals surface area contributed by atoms with Crippen molar-refractivity contribution in [2.75, 3.05) is 19.8 Å². The molecule has 0 aromatic heterocycles. The fourth-order valence-corrected chi connectivity index (χ4v) is 2.45. The van der Waals surface area contributed by atoms with Crippen LogP contribution in [0.3, 0.4) is 0 Å². The molecule has 1 N–H and O–H groups in total. The van der Waals surface area contributed by atoms with E-state index in [0.29, 0.717) is 12.6 Å². The number of carbonyl (C=O) groups is 1. The molecule has 2 unspecified atom stereocenters. The SMILES string of the molecule is CC(C)CC1NCN(CC2CCCO2)C1=O. The lowest BCUT2D eigenvalue weighted by Gasteiger charge is -2.19. The molecule has 16 heavy (non-hydrogen) atoms. The normalized spacial score (nSPS) is 30.7. The molecule has 2 fully saturated rings. The second-order valence-electron chi connectivity index (χ2n) is 5.24. The number of hydrogen-bond donors (Lipinski definition) is 1. The summed E-state index contributed by atoms with van der Waals surface area (Å²) in [7, 11) is 0. The number of hydrogen-bond acceptors (Lipinski definition) is 3. The Bertz CT molecular complexity index is 249. The lowest BCUT2D eigenvalue weighted by Crippen LogP contribution is -2.36. The van der Waals surface area contributed by atoms with Gasteiger partial charge in [0.15, 0.2) is 0 Å². The Labute approximate surface area is 97.3 Å². The molecule has 2 rings (SSSR count). The van der Waals surface area contributed by atoms with Crippen LogP contribution >= 0.6 is 0 Å². The van der Waals surface area contributed by atoms with Gasteiger partial charge in [-0.25, -0.2) is 0 Å². The van der Waals surface area contributed by atoms with Crippen LogP contribution in [0.5, 0.6) is 0 Å². The van der Waals surface area contributed by atoms with Crippen molar-refractivity contribution < 1.29 is 9.53 Å². The van der Waals surface area contributed by atoms with E-state index in [-0.39, 0.29) is 18.1 Å². The van der Waals surface area contributed by atoms with Gasteiger partial charge in [-0.05, 0) is 25.2 Å². The highest BCUT2D eigenvalue weighted by atomic mass is 16.5. The minimum atomic E-state index is 0.0291. The zero-order chi connectivity index (χ0) is 11.5. The van der Waals surface area contributed by atoms with E-state index in [1.54, 1.807) is 0 Å². The van der Waals surface area contributed by atoms with Gasteiger partial charge in [-0.15, -0.1) is 0 Å². The third-order valence-corrected chi connectivity index (χ3v) is 3.29. The smallest absolute Gasteiger partial charge is 0.240 e. The van der Waals surface area contributed by atoms with Crippen molar-refractivity contribution in [1.82, 2.24) is 10.2 Å². The van der Waals surface area contributed by atoms with Crippen LogP contribution in [0.15, 0.2) is 0 Å². The predicted octanol–water partition coefficient (Wildman–Crippen LogP) is 0.969. The monoisotopic (exact) mass is 226 g/mol. The van der Waals surface area contributed by atoms with E-state index in [1.165, 1.54) is 0 Å². The maximum atomic E-state index is 12.0. The molecular weight excluding hydrogens is 204 g/mol. The Kier molecular flexibility index (Phi) is 3.82. The van der Waals surface area contributed by atoms with Crippen molar-refractivity contribution in [2.45, 2.75) is 45.3 Å². The summed E-state index contributed by atoms with van der Waals surface area (Å²) in [5.74, 6) is 0.813. The molecule has 0 aliphatic carbocycles. The Morgan fingerprint density at radius 2 is 2.38 bits per heavy atom. The second kappa shape index (κ2) is 5.15. The van der Waals surface area contributed by atoms with Crippen molar-refractivity contribution in [3.8, 4) is 0 Å². The molecule has 2 saturated heterocycles. The topological polar surface area (TPSA) is 41.6 Å². The quantitative estimate of drug-likeness (QED) is 0.776. The van der Waals surface area contributed by atoms with Gasteiger partial charge < -0.3 is 9.64 Å². The first kappa shape index (κ1) is 11.9. The van der Waals surface area contributed by atoms with Crippen LogP contribution in [0.4, 0.5) is 0 Å². The highest BCUT2D eigenvalue weighted by molar-refractivity contribution is 5.83. The van der Waals surface area contributed by atoms with Gasteiger partial charge in [-0.3, -0.25) is 10.1 Å². The number of nitrogens with zero attached hydrogens (tertiary/aromatic N) is 1. The number of amides is 1. The summed E-state index contributed by atoms with van der Waals surface area (Å²) in [4.78, 5) is 13.9. The molecule has 1 amide bonds. The van der Waals surface area contributed by atoms with Crippen molar-refractivity contribution in [3.05, 3.63) is 0 Å². The summed E-state index contributed by atoms with van der Waals surface area (Å²) in [6.07, 6.45) is 3.43. The predicted molar refractivity (Wildman–Crippen MR) is 61.9 cm³/mol. The first-order chi connectivity index (χ1) is 7.66. The largest absolute Gasteiger partial charge is 0.376 e. The van der Waals surface area contributed by atoms with Gasteiger partial charge >= 0.3 is 0 Å². The maximum absolute atomic E-state index is 12.0. The van der Waals surface area contributed by atoms with E-state index in [4.69, 9.17) is 4.74 Å². The van der Waals surface area contributed by atoms with Gasteiger partial charge in [0.2, 0.25) is 5.91 Å². The first-order valence-electron chi connectivity index (χ1n) is 6.30. The fourth-order valence-electron chi connectivity index (χ4n) is 2.45. The molecule has 0 saturated carbocycles. The Hall–Kier alpha value is -0.610. The van der Waals surface area contributed by atoms with Crippen molar-refractivity contribution in [2.24, 2.45) is 5.92 Å². The zero-order valence-electron chi connectivity index (χ0n) is 10.2. The summed E-state index contributed by atoms with van der Waals surface area (Å²) in [5, 5.41) is 3.28. The Morgan fingerprint density at radius 3 is 3.00 bits per heavy atom. The number of carbonyl (C=O) groups excluding carboxylic acids is 1. The van der Waals surface area contributed by atoms with Crippen LogP contribution in [0.1, 0.15) is 33.1 Å². The molecule has 4 heteroatoms. The first-order valence-corrected chi connectivity index (χ1v) is 6.30.